The second kappa shape index (κ2) is 6.83. The van der Waals surface area contributed by atoms with Crippen molar-refractivity contribution in [2.24, 2.45) is 0 Å². The highest BCUT2D eigenvalue weighted by Gasteiger charge is 2.14. The first kappa shape index (κ1) is 16.4. The van der Waals surface area contributed by atoms with Crippen molar-refractivity contribution < 1.29 is 13.6 Å². The van der Waals surface area contributed by atoms with Gasteiger partial charge in [-0.3, -0.25) is 9.59 Å². The molecule has 1 N–H and O–H groups in total. The predicted octanol–water partition coefficient (Wildman–Crippen LogP) is 1.24. The van der Waals surface area contributed by atoms with Crippen LogP contribution in [0, 0.1) is 30.9 Å². The van der Waals surface area contributed by atoms with Gasteiger partial charge in [0.15, 0.2) is 11.6 Å². The summed E-state index contributed by atoms with van der Waals surface area (Å²) in [5.74, 6) is -0.376. The van der Waals surface area contributed by atoms with Gasteiger partial charge < -0.3 is 5.32 Å². The van der Waals surface area contributed by atoms with E-state index in [4.69, 9.17) is 6.42 Å². The minimum Gasteiger partial charge on any atom is -0.341 e. The summed E-state index contributed by atoms with van der Waals surface area (Å²) in [6, 6.07) is 4.62. The lowest BCUT2D eigenvalue weighted by Crippen LogP contribution is -2.35. The third kappa shape index (κ3) is 3.80. The molecule has 0 fully saturated rings. The SMILES string of the molecule is C#CCNC(=O)c1cc(C)nn(Cc2ccc(F)c(F)c2)c1=O. The van der Waals surface area contributed by atoms with Gasteiger partial charge in [-0.2, -0.15) is 5.10 Å². The van der Waals surface area contributed by atoms with Crippen molar-refractivity contribution in [3.8, 4) is 12.3 Å². The number of benzene rings is 1. The fourth-order valence-corrected chi connectivity index (χ4v) is 1.98. The van der Waals surface area contributed by atoms with Gasteiger partial charge in [0, 0.05) is 0 Å². The van der Waals surface area contributed by atoms with Crippen LogP contribution in [0.25, 0.3) is 0 Å². The Morgan fingerprint density at radius 1 is 1.35 bits per heavy atom. The van der Waals surface area contributed by atoms with E-state index in [0.717, 1.165) is 16.8 Å². The number of aromatic nitrogens is 2. The molecular formula is C16H13F2N3O2. The number of carbonyl (C=O) groups is 1. The highest BCUT2D eigenvalue weighted by molar-refractivity contribution is 5.94. The van der Waals surface area contributed by atoms with Crippen LogP contribution >= 0.6 is 0 Å². The summed E-state index contributed by atoms with van der Waals surface area (Å²) < 4.78 is 27.2. The average molecular weight is 317 g/mol. The Hall–Kier alpha value is -3.01. The van der Waals surface area contributed by atoms with E-state index in [-0.39, 0.29) is 18.7 Å². The molecule has 0 radical (unpaired) electrons. The van der Waals surface area contributed by atoms with Gasteiger partial charge in [-0.25, -0.2) is 13.5 Å². The number of aryl methyl sites for hydroxylation is 1. The first-order chi connectivity index (χ1) is 10.9. The van der Waals surface area contributed by atoms with Crippen molar-refractivity contribution >= 4 is 5.91 Å². The van der Waals surface area contributed by atoms with Crippen molar-refractivity contribution in [1.29, 1.82) is 0 Å². The topological polar surface area (TPSA) is 64.0 Å². The van der Waals surface area contributed by atoms with Crippen LogP contribution in [0.3, 0.4) is 0 Å². The quantitative estimate of drug-likeness (QED) is 0.863. The number of hydrogen-bond acceptors (Lipinski definition) is 3. The van der Waals surface area contributed by atoms with Crippen LogP contribution in [0.15, 0.2) is 29.1 Å². The van der Waals surface area contributed by atoms with Crippen LogP contribution in [0.5, 0.6) is 0 Å². The van der Waals surface area contributed by atoms with Gasteiger partial charge in [0.25, 0.3) is 11.5 Å². The molecule has 0 unspecified atom stereocenters. The molecule has 2 aromatic rings. The first-order valence-corrected chi connectivity index (χ1v) is 6.66. The molecule has 118 valence electrons. The molecular weight excluding hydrogens is 304 g/mol. The molecule has 0 aliphatic carbocycles. The molecule has 7 heteroatoms. The minimum absolute atomic E-state index is 0.0111. The summed E-state index contributed by atoms with van der Waals surface area (Å²) in [7, 11) is 0. The maximum absolute atomic E-state index is 13.2. The van der Waals surface area contributed by atoms with Gasteiger partial charge in [0.1, 0.15) is 5.56 Å². The number of nitrogens with zero attached hydrogens (tertiary/aromatic N) is 2. The maximum atomic E-state index is 13.2. The van der Waals surface area contributed by atoms with Crippen LogP contribution in [0.1, 0.15) is 21.6 Å². The Morgan fingerprint density at radius 3 is 2.74 bits per heavy atom. The van der Waals surface area contributed by atoms with Gasteiger partial charge >= 0.3 is 0 Å². The van der Waals surface area contributed by atoms with Crippen molar-refractivity contribution in [2.75, 3.05) is 6.54 Å². The van der Waals surface area contributed by atoms with Crippen molar-refractivity contribution in [1.82, 2.24) is 15.1 Å². The Kier molecular flexibility index (Phi) is 4.86. The molecule has 1 aromatic carbocycles. The summed E-state index contributed by atoms with van der Waals surface area (Å²) in [6.45, 7) is 1.51. The summed E-state index contributed by atoms with van der Waals surface area (Å²) in [5, 5.41) is 6.41. The fraction of sp³-hybridized carbons (Fsp3) is 0.188. The molecule has 23 heavy (non-hydrogen) atoms. The predicted molar refractivity (Wildman–Crippen MR) is 79.9 cm³/mol. The lowest BCUT2D eigenvalue weighted by Gasteiger charge is -2.09. The summed E-state index contributed by atoms with van der Waals surface area (Å²) >= 11 is 0. The molecule has 5 nitrogen and oxygen atoms in total. The Morgan fingerprint density at radius 2 is 2.09 bits per heavy atom. The lowest BCUT2D eigenvalue weighted by molar-refractivity contribution is 0.0956. The van der Waals surface area contributed by atoms with Gasteiger partial charge in [0.2, 0.25) is 0 Å². The zero-order chi connectivity index (χ0) is 17.0. The lowest BCUT2D eigenvalue weighted by atomic mass is 10.2. The summed E-state index contributed by atoms with van der Waals surface area (Å²) in [5.41, 5.74) is 0.0160. The van der Waals surface area contributed by atoms with E-state index in [1.165, 1.54) is 12.1 Å². The molecule has 0 aliphatic heterocycles. The van der Waals surface area contributed by atoms with Gasteiger partial charge in [-0.05, 0) is 30.7 Å². The fourth-order valence-electron chi connectivity index (χ4n) is 1.98. The molecule has 0 saturated carbocycles. The largest absolute Gasteiger partial charge is 0.341 e. The number of carbonyl (C=O) groups excluding carboxylic acids is 1. The standard InChI is InChI=1S/C16H13F2N3O2/c1-3-6-19-15(22)12-7-10(2)20-21(16(12)23)9-11-4-5-13(17)14(18)8-11/h1,4-5,7-8H,6,9H2,2H3,(H,19,22). The molecule has 2 rings (SSSR count). The highest BCUT2D eigenvalue weighted by atomic mass is 19.2. The molecule has 0 atom stereocenters. The molecule has 0 aliphatic rings. The van der Waals surface area contributed by atoms with Gasteiger partial charge in [0.05, 0.1) is 18.8 Å². The molecule has 0 bridgehead atoms. The van der Waals surface area contributed by atoms with Crippen molar-refractivity contribution in [3.63, 3.8) is 0 Å². The zero-order valence-electron chi connectivity index (χ0n) is 12.3. The number of amides is 1. The van der Waals surface area contributed by atoms with E-state index in [9.17, 15) is 18.4 Å². The van der Waals surface area contributed by atoms with E-state index < -0.39 is 23.1 Å². The number of hydrogen-bond donors (Lipinski definition) is 1. The third-order valence-electron chi connectivity index (χ3n) is 3.01. The first-order valence-electron chi connectivity index (χ1n) is 6.66. The maximum Gasteiger partial charge on any atom is 0.279 e. The van der Waals surface area contributed by atoms with E-state index in [1.54, 1.807) is 6.92 Å². The zero-order valence-corrected chi connectivity index (χ0v) is 12.3. The van der Waals surface area contributed by atoms with Gasteiger partial charge in [-0.15, -0.1) is 6.42 Å². The Balaban J connectivity index is 2.37. The molecule has 1 heterocycles. The van der Waals surface area contributed by atoms with E-state index >= 15 is 0 Å². The molecule has 0 spiro atoms. The number of halogens is 2. The number of rotatable bonds is 4. The van der Waals surface area contributed by atoms with Crippen LogP contribution in [0.4, 0.5) is 8.78 Å². The van der Waals surface area contributed by atoms with Crippen LogP contribution in [-0.2, 0) is 6.54 Å². The van der Waals surface area contributed by atoms with Crippen molar-refractivity contribution in [2.45, 2.75) is 13.5 Å². The van der Waals surface area contributed by atoms with Crippen molar-refractivity contribution in [3.05, 3.63) is 63.1 Å². The Labute approximate surface area is 130 Å². The average Bonchev–Trinajstić information content (AvgIpc) is 2.51. The second-order valence-corrected chi connectivity index (χ2v) is 4.80. The number of nitrogens with one attached hydrogen (secondary N) is 1. The monoisotopic (exact) mass is 317 g/mol. The minimum atomic E-state index is -1.02. The van der Waals surface area contributed by atoms with E-state index in [2.05, 4.69) is 16.3 Å². The van der Waals surface area contributed by atoms with Gasteiger partial charge in [-0.1, -0.05) is 12.0 Å². The summed E-state index contributed by atoms with van der Waals surface area (Å²) in [4.78, 5) is 24.2. The van der Waals surface area contributed by atoms with Crippen LogP contribution in [0.2, 0.25) is 0 Å². The highest BCUT2D eigenvalue weighted by Crippen LogP contribution is 2.09. The molecule has 1 aromatic heterocycles. The second-order valence-electron chi connectivity index (χ2n) is 4.80. The van der Waals surface area contributed by atoms with Crippen LogP contribution in [-0.4, -0.2) is 22.2 Å². The summed E-state index contributed by atoms with van der Waals surface area (Å²) in [6.07, 6.45) is 5.05. The smallest absolute Gasteiger partial charge is 0.279 e. The third-order valence-corrected chi connectivity index (χ3v) is 3.01. The Bertz CT molecular complexity index is 853. The van der Waals surface area contributed by atoms with E-state index in [0.29, 0.717) is 11.3 Å². The van der Waals surface area contributed by atoms with Crippen LogP contribution < -0.4 is 10.9 Å². The van der Waals surface area contributed by atoms with E-state index in [1.807, 2.05) is 0 Å². The molecule has 0 saturated heterocycles. The normalized spacial score (nSPS) is 10.2. The molecule has 1 amide bonds. The number of terminal acetylenes is 1.